The Hall–Kier alpha value is -2.69. The number of benzene rings is 2. The molecule has 3 aromatic rings. The van der Waals surface area contributed by atoms with Gasteiger partial charge in [-0.15, -0.1) is 0 Å². The second-order valence-electron chi connectivity index (χ2n) is 8.02. The second kappa shape index (κ2) is 9.88. The molecule has 0 aliphatic carbocycles. The van der Waals surface area contributed by atoms with Crippen LogP contribution in [-0.4, -0.2) is 10.9 Å². The van der Waals surface area contributed by atoms with Crippen molar-refractivity contribution in [2.24, 2.45) is 11.7 Å². The van der Waals surface area contributed by atoms with Crippen LogP contribution in [0.2, 0.25) is 5.02 Å². The third-order valence-corrected chi connectivity index (χ3v) is 5.25. The van der Waals surface area contributed by atoms with Gasteiger partial charge in [0.25, 0.3) is 5.91 Å². The molecule has 3 rings (SSSR count). The smallest absolute Gasteiger partial charge is 0.251 e. The molecule has 156 valence electrons. The normalized spacial score (nSPS) is 11.0. The largest absolute Gasteiger partial charge is 0.348 e. The summed E-state index contributed by atoms with van der Waals surface area (Å²) in [7, 11) is 0. The lowest BCUT2D eigenvalue weighted by Gasteiger charge is -2.14. The zero-order chi connectivity index (χ0) is 21.7. The van der Waals surface area contributed by atoms with Crippen molar-refractivity contribution in [2.45, 2.75) is 40.3 Å². The average molecular weight is 422 g/mol. The number of hydrogen-bond acceptors (Lipinski definition) is 3. The number of amides is 1. The summed E-state index contributed by atoms with van der Waals surface area (Å²) in [5, 5.41) is 3.63. The molecule has 3 N–H and O–H groups in total. The summed E-state index contributed by atoms with van der Waals surface area (Å²) in [6, 6.07) is 13.5. The van der Waals surface area contributed by atoms with E-state index >= 15 is 0 Å². The molecule has 1 amide bonds. The van der Waals surface area contributed by atoms with Gasteiger partial charge in [0.05, 0.1) is 0 Å². The number of hydrogen-bond donors (Lipinski definition) is 2. The molecular formula is C25H28ClN3O. The number of carbonyl (C=O) groups excluding carboxylic acids is 1. The Balaban J connectivity index is 1.86. The van der Waals surface area contributed by atoms with Gasteiger partial charge in [0.1, 0.15) is 0 Å². The number of aryl methyl sites for hydroxylation is 1. The first-order valence-corrected chi connectivity index (χ1v) is 10.6. The number of aromatic nitrogens is 1. The lowest BCUT2D eigenvalue weighted by molar-refractivity contribution is 0.0951. The van der Waals surface area contributed by atoms with E-state index in [9.17, 15) is 4.79 Å². The van der Waals surface area contributed by atoms with Crippen LogP contribution in [0.15, 0.2) is 54.9 Å². The minimum Gasteiger partial charge on any atom is -0.348 e. The highest BCUT2D eigenvalue weighted by Gasteiger charge is 2.13. The summed E-state index contributed by atoms with van der Waals surface area (Å²) in [5.41, 5.74) is 12.7. The first-order chi connectivity index (χ1) is 14.4. The first-order valence-electron chi connectivity index (χ1n) is 10.2. The van der Waals surface area contributed by atoms with E-state index in [0.29, 0.717) is 29.6 Å². The van der Waals surface area contributed by atoms with Crippen molar-refractivity contribution in [2.75, 3.05) is 0 Å². The van der Waals surface area contributed by atoms with Crippen LogP contribution in [0.3, 0.4) is 0 Å². The van der Waals surface area contributed by atoms with Gasteiger partial charge in [0, 0.05) is 41.6 Å². The lowest BCUT2D eigenvalue weighted by Crippen LogP contribution is -2.24. The van der Waals surface area contributed by atoms with E-state index < -0.39 is 0 Å². The van der Waals surface area contributed by atoms with Gasteiger partial charge in [-0.05, 0) is 77.4 Å². The van der Waals surface area contributed by atoms with E-state index in [-0.39, 0.29) is 5.91 Å². The SMILES string of the molecule is Cc1cc(C(=O)NCc2cc(Cl)ccc2CN)cc(-c2cnccc2CC(C)C)c1. The summed E-state index contributed by atoms with van der Waals surface area (Å²) in [6.45, 7) is 7.18. The van der Waals surface area contributed by atoms with Crippen molar-refractivity contribution in [3.8, 4) is 11.1 Å². The van der Waals surface area contributed by atoms with Crippen LogP contribution in [0, 0.1) is 12.8 Å². The summed E-state index contributed by atoms with van der Waals surface area (Å²) in [6.07, 6.45) is 4.67. The van der Waals surface area contributed by atoms with E-state index in [4.69, 9.17) is 17.3 Å². The summed E-state index contributed by atoms with van der Waals surface area (Å²) < 4.78 is 0. The lowest BCUT2D eigenvalue weighted by atomic mass is 9.93. The summed E-state index contributed by atoms with van der Waals surface area (Å²) in [4.78, 5) is 17.2. The molecule has 0 saturated heterocycles. The molecule has 0 atom stereocenters. The van der Waals surface area contributed by atoms with Crippen molar-refractivity contribution >= 4 is 17.5 Å². The molecule has 0 radical (unpaired) electrons. The van der Waals surface area contributed by atoms with Crippen molar-refractivity contribution < 1.29 is 4.79 Å². The summed E-state index contributed by atoms with van der Waals surface area (Å²) in [5.74, 6) is 0.408. The van der Waals surface area contributed by atoms with Crippen molar-refractivity contribution in [1.29, 1.82) is 0 Å². The van der Waals surface area contributed by atoms with E-state index in [2.05, 4.69) is 36.3 Å². The highest BCUT2D eigenvalue weighted by Crippen LogP contribution is 2.27. The molecule has 0 bridgehead atoms. The van der Waals surface area contributed by atoms with Gasteiger partial charge in [0.2, 0.25) is 0 Å². The predicted octanol–water partition coefficient (Wildman–Crippen LogP) is 5.30. The number of nitrogens with two attached hydrogens (primary N) is 1. The molecule has 0 saturated carbocycles. The van der Waals surface area contributed by atoms with Crippen LogP contribution in [0.5, 0.6) is 0 Å². The number of rotatable bonds is 7. The maximum absolute atomic E-state index is 12.9. The van der Waals surface area contributed by atoms with Crippen LogP contribution >= 0.6 is 11.6 Å². The average Bonchev–Trinajstić information content (AvgIpc) is 2.71. The molecule has 0 aliphatic rings. The Kier molecular flexibility index (Phi) is 7.24. The van der Waals surface area contributed by atoms with Crippen LogP contribution in [0.4, 0.5) is 0 Å². The minimum absolute atomic E-state index is 0.128. The third-order valence-electron chi connectivity index (χ3n) is 5.02. The Bertz CT molecular complexity index is 1050. The zero-order valence-electron chi connectivity index (χ0n) is 17.7. The maximum atomic E-state index is 12.9. The maximum Gasteiger partial charge on any atom is 0.251 e. The van der Waals surface area contributed by atoms with E-state index in [0.717, 1.165) is 34.2 Å². The number of nitrogens with one attached hydrogen (secondary N) is 1. The number of pyridine rings is 1. The quantitative estimate of drug-likeness (QED) is 0.544. The topological polar surface area (TPSA) is 68.0 Å². The van der Waals surface area contributed by atoms with Gasteiger partial charge in [-0.3, -0.25) is 9.78 Å². The van der Waals surface area contributed by atoms with Crippen LogP contribution in [-0.2, 0) is 19.5 Å². The molecule has 2 aromatic carbocycles. The fourth-order valence-electron chi connectivity index (χ4n) is 3.61. The number of carbonyl (C=O) groups is 1. The molecule has 0 unspecified atom stereocenters. The standard InChI is InChI=1S/C25H28ClN3O/c1-16(2)8-18-6-7-28-15-24(18)20-9-17(3)10-21(11-20)25(30)29-14-22-12-23(26)5-4-19(22)13-27/h4-7,9-12,15-16H,8,13-14,27H2,1-3H3,(H,29,30). The van der Waals surface area contributed by atoms with Gasteiger partial charge in [-0.25, -0.2) is 0 Å². The van der Waals surface area contributed by atoms with Gasteiger partial charge in [-0.1, -0.05) is 37.6 Å². The highest BCUT2D eigenvalue weighted by atomic mass is 35.5. The highest BCUT2D eigenvalue weighted by molar-refractivity contribution is 6.30. The Morgan fingerprint density at radius 1 is 1.10 bits per heavy atom. The third kappa shape index (κ3) is 5.47. The van der Waals surface area contributed by atoms with E-state index in [1.54, 1.807) is 0 Å². The van der Waals surface area contributed by atoms with E-state index in [1.165, 1.54) is 5.56 Å². The van der Waals surface area contributed by atoms with Gasteiger partial charge in [-0.2, -0.15) is 0 Å². The molecule has 0 fully saturated rings. The fraction of sp³-hybridized carbons (Fsp3) is 0.280. The molecule has 4 nitrogen and oxygen atoms in total. The molecule has 0 spiro atoms. The fourth-order valence-corrected chi connectivity index (χ4v) is 3.80. The number of nitrogens with zero attached hydrogens (tertiary/aromatic N) is 1. The van der Waals surface area contributed by atoms with Crippen molar-refractivity contribution in [1.82, 2.24) is 10.3 Å². The monoisotopic (exact) mass is 421 g/mol. The first kappa shape index (κ1) is 22.0. The van der Waals surface area contributed by atoms with Gasteiger partial charge in [0.15, 0.2) is 0 Å². The zero-order valence-corrected chi connectivity index (χ0v) is 18.5. The molecule has 5 heteroatoms. The number of halogens is 1. The van der Waals surface area contributed by atoms with Crippen LogP contribution < -0.4 is 11.1 Å². The van der Waals surface area contributed by atoms with E-state index in [1.807, 2.05) is 49.6 Å². The molecule has 1 aromatic heterocycles. The minimum atomic E-state index is -0.128. The molecule has 1 heterocycles. The molecule has 30 heavy (non-hydrogen) atoms. The Labute approximate surface area is 183 Å². The van der Waals surface area contributed by atoms with Crippen LogP contribution in [0.1, 0.15) is 46.5 Å². The van der Waals surface area contributed by atoms with Crippen molar-refractivity contribution in [3.05, 3.63) is 87.7 Å². The predicted molar refractivity (Wildman–Crippen MR) is 123 cm³/mol. The Morgan fingerprint density at radius 3 is 2.63 bits per heavy atom. The molecule has 0 aliphatic heterocycles. The van der Waals surface area contributed by atoms with Crippen molar-refractivity contribution in [3.63, 3.8) is 0 Å². The molecular weight excluding hydrogens is 394 g/mol. The Morgan fingerprint density at radius 2 is 1.90 bits per heavy atom. The van der Waals surface area contributed by atoms with Crippen LogP contribution in [0.25, 0.3) is 11.1 Å². The second-order valence-corrected chi connectivity index (χ2v) is 8.45. The van der Waals surface area contributed by atoms with Gasteiger partial charge >= 0.3 is 0 Å². The summed E-state index contributed by atoms with van der Waals surface area (Å²) >= 11 is 6.11. The van der Waals surface area contributed by atoms with Gasteiger partial charge < -0.3 is 11.1 Å².